The number of thiophene rings is 1. The van der Waals surface area contributed by atoms with Gasteiger partial charge in [-0.2, -0.15) is 0 Å². The molecule has 0 spiro atoms. The van der Waals surface area contributed by atoms with Gasteiger partial charge in [-0.3, -0.25) is 9.59 Å². The van der Waals surface area contributed by atoms with Crippen molar-refractivity contribution < 1.29 is 9.59 Å². The van der Waals surface area contributed by atoms with E-state index >= 15 is 0 Å². The largest absolute Gasteiger partial charge is 0.368 e. The van der Waals surface area contributed by atoms with E-state index in [4.69, 9.17) is 5.73 Å². The zero-order chi connectivity index (χ0) is 14.8. The second-order valence-electron chi connectivity index (χ2n) is 5.94. The number of fused-ring (bicyclic) bond motifs is 1. The lowest BCUT2D eigenvalue weighted by molar-refractivity contribution is -0.117. The highest BCUT2D eigenvalue weighted by atomic mass is 32.1. The SMILES string of the molecule is NC(=O)CNC(=O)c1cc2c(s1)N(CC1CC1)CCCC2. The first kappa shape index (κ1) is 14.4. The van der Waals surface area contributed by atoms with E-state index in [1.807, 2.05) is 6.07 Å². The molecular weight excluding hydrogens is 286 g/mol. The highest BCUT2D eigenvalue weighted by Crippen LogP contribution is 2.38. The fourth-order valence-electron chi connectivity index (χ4n) is 2.74. The number of carbonyl (C=O) groups excluding carboxylic acids is 2. The minimum absolute atomic E-state index is 0.104. The zero-order valence-corrected chi connectivity index (χ0v) is 12.9. The normalized spacial score (nSPS) is 18.0. The van der Waals surface area contributed by atoms with Crippen LogP contribution >= 0.6 is 11.3 Å². The average Bonchev–Trinajstić information content (AvgIpc) is 3.20. The van der Waals surface area contributed by atoms with Crippen LogP contribution in [0.25, 0.3) is 0 Å². The van der Waals surface area contributed by atoms with Gasteiger partial charge in [0.15, 0.2) is 0 Å². The van der Waals surface area contributed by atoms with Crippen molar-refractivity contribution in [1.82, 2.24) is 5.32 Å². The Balaban J connectivity index is 1.75. The van der Waals surface area contributed by atoms with Gasteiger partial charge in [0.05, 0.1) is 16.4 Å². The molecule has 2 amide bonds. The molecule has 3 N–H and O–H groups in total. The lowest BCUT2D eigenvalue weighted by Gasteiger charge is -2.22. The Labute approximate surface area is 128 Å². The first-order valence-electron chi connectivity index (χ1n) is 7.57. The lowest BCUT2D eigenvalue weighted by Crippen LogP contribution is -2.32. The second-order valence-corrected chi connectivity index (χ2v) is 6.97. The molecule has 1 fully saturated rings. The van der Waals surface area contributed by atoms with Gasteiger partial charge in [-0.1, -0.05) is 0 Å². The summed E-state index contributed by atoms with van der Waals surface area (Å²) in [6.07, 6.45) is 6.10. The van der Waals surface area contributed by atoms with Crippen LogP contribution in [0.15, 0.2) is 6.07 Å². The molecule has 0 radical (unpaired) electrons. The topological polar surface area (TPSA) is 75.4 Å². The molecule has 1 aromatic rings. The predicted octanol–water partition coefficient (Wildman–Crippen LogP) is 1.52. The third-order valence-electron chi connectivity index (χ3n) is 4.02. The Bertz CT molecular complexity index is 551. The van der Waals surface area contributed by atoms with E-state index in [1.165, 1.54) is 36.2 Å². The lowest BCUT2D eigenvalue weighted by atomic mass is 10.1. The molecule has 0 bridgehead atoms. The van der Waals surface area contributed by atoms with Gasteiger partial charge in [0, 0.05) is 13.1 Å². The summed E-state index contributed by atoms with van der Waals surface area (Å²) >= 11 is 1.55. The maximum atomic E-state index is 12.1. The summed E-state index contributed by atoms with van der Waals surface area (Å²) in [6, 6.07) is 1.99. The summed E-state index contributed by atoms with van der Waals surface area (Å²) in [5.41, 5.74) is 6.34. The van der Waals surface area contributed by atoms with Crippen molar-refractivity contribution in [2.75, 3.05) is 24.5 Å². The summed E-state index contributed by atoms with van der Waals surface area (Å²) in [7, 11) is 0. The summed E-state index contributed by atoms with van der Waals surface area (Å²) in [5.74, 6) is 0.125. The number of carbonyl (C=O) groups is 2. The second kappa shape index (κ2) is 6.05. The highest BCUT2D eigenvalue weighted by Gasteiger charge is 2.28. The predicted molar refractivity (Wildman–Crippen MR) is 83.7 cm³/mol. The molecule has 6 heteroatoms. The van der Waals surface area contributed by atoms with Crippen LogP contribution in [0.2, 0.25) is 0 Å². The molecule has 5 nitrogen and oxygen atoms in total. The quantitative estimate of drug-likeness (QED) is 0.866. The molecule has 0 saturated heterocycles. The highest BCUT2D eigenvalue weighted by molar-refractivity contribution is 7.18. The minimum atomic E-state index is -0.517. The minimum Gasteiger partial charge on any atom is -0.368 e. The van der Waals surface area contributed by atoms with Crippen molar-refractivity contribution in [3.63, 3.8) is 0 Å². The molecule has 114 valence electrons. The smallest absolute Gasteiger partial charge is 0.261 e. The molecule has 21 heavy (non-hydrogen) atoms. The van der Waals surface area contributed by atoms with Crippen LogP contribution < -0.4 is 16.0 Å². The third kappa shape index (κ3) is 3.56. The number of rotatable bonds is 5. The molecule has 2 heterocycles. The molecule has 0 unspecified atom stereocenters. The molecule has 1 aliphatic carbocycles. The fraction of sp³-hybridized carbons (Fsp3) is 0.600. The van der Waals surface area contributed by atoms with Gasteiger partial charge in [0.25, 0.3) is 5.91 Å². The van der Waals surface area contributed by atoms with Gasteiger partial charge < -0.3 is 16.0 Å². The van der Waals surface area contributed by atoms with E-state index in [-0.39, 0.29) is 12.5 Å². The summed E-state index contributed by atoms with van der Waals surface area (Å²) in [6.45, 7) is 2.11. The molecule has 2 aliphatic rings. The van der Waals surface area contributed by atoms with E-state index in [0.717, 1.165) is 25.4 Å². The fourth-order valence-corrected chi connectivity index (χ4v) is 3.90. The van der Waals surface area contributed by atoms with E-state index in [9.17, 15) is 9.59 Å². The van der Waals surface area contributed by atoms with Gasteiger partial charge in [-0.15, -0.1) is 11.3 Å². The van der Waals surface area contributed by atoms with Crippen LogP contribution in [0.1, 0.15) is 40.9 Å². The van der Waals surface area contributed by atoms with Crippen molar-refractivity contribution in [3.05, 3.63) is 16.5 Å². The average molecular weight is 307 g/mol. The van der Waals surface area contributed by atoms with Crippen molar-refractivity contribution in [3.8, 4) is 0 Å². The van der Waals surface area contributed by atoms with Gasteiger partial charge in [0.2, 0.25) is 5.91 Å². The molecule has 3 rings (SSSR count). The Morgan fingerprint density at radius 1 is 1.38 bits per heavy atom. The number of anilines is 1. The van der Waals surface area contributed by atoms with Crippen molar-refractivity contribution in [1.29, 1.82) is 0 Å². The molecule has 1 aliphatic heterocycles. The van der Waals surface area contributed by atoms with Gasteiger partial charge in [-0.05, 0) is 49.7 Å². The number of hydrogen-bond donors (Lipinski definition) is 2. The Hall–Kier alpha value is -1.56. The van der Waals surface area contributed by atoms with Crippen LogP contribution in [-0.2, 0) is 11.2 Å². The Morgan fingerprint density at radius 3 is 2.90 bits per heavy atom. The maximum absolute atomic E-state index is 12.1. The van der Waals surface area contributed by atoms with Crippen LogP contribution in [0.5, 0.6) is 0 Å². The van der Waals surface area contributed by atoms with E-state index in [0.29, 0.717) is 4.88 Å². The monoisotopic (exact) mass is 307 g/mol. The number of aryl methyl sites for hydroxylation is 1. The van der Waals surface area contributed by atoms with Crippen LogP contribution in [0, 0.1) is 5.92 Å². The van der Waals surface area contributed by atoms with Crippen molar-refractivity contribution in [2.24, 2.45) is 11.7 Å². The Kier molecular flexibility index (Phi) is 4.14. The molecule has 0 aromatic carbocycles. The first-order valence-corrected chi connectivity index (χ1v) is 8.39. The summed E-state index contributed by atoms with van der Waals surface area (Å²) in [5, 5.41) is 3.82. The number of amides is 2. The number of hydrogen-bond acceptors (Lipinski definition) is 4. The zero-order valence-electron chi connectivity index (χ0n) is 12.1. The number of nitrogens with two attached hydrogens (primary N) is 1. The number of nitrogens with one attached hydrogen (secondary N) is 1. The first-order chi connectivity index (χ1) is 10.1. The molecular formula is C15H21N3O2S. The summed E-state index contributed by atoms with van der Waals surface area (Å²) < 4.78 is 0. The number of primary amides is 1. The van der Waals surface area contributed by atoms with Crippen LogP contribution in [0.3, 0.4) is 0 Å². The van der Waals surface area contributed by atoms with E-state index in [2.05, 4.69) is 10.2 Å². The third-order valence-corrected chi connectivity index (χ3v) is 5.26. The van der Waals surface area contributed by atoms with Gasteiger partial charge in [0.1, 0.15) is 0 Å². The molecule has 0 atom stereocenters. The summed E-state index contributed by atoms with van der Waals surface area (Å²) in [4.78, 5) is 26.0. The van der Waals surface area contributed by atoms with Crippen LogP contribution in [0.4, 0.5) is 5.00 Å². The number of nitrogens with zero attached hydrogens (tertiary/aromatic N) is 1. The van der Waals surface area contributed by atoms with Crippen molar-refractivity contribution >= 4 is 28.2 Å². The maximum Gasteiger partial charge on any atom is 0.261 e. The van der Waals surface area contributed by atoms with Crippen LogP contribution in [-0.4, -0.2) is 31.4 Å². The Morgan fingerprint density at radius 2 is 2.19 bits per heavy atom. The van der Waals surface area contributed by atoms with Gasteiger partial charge >= 0.3 is 0 Å². The molecule has 1 saturated carbocycles. The van der Waals surface area contributed by atoms with Crippen molar-refractivity contribution in [2.45, 2.75) is 32.1 Å². The van der Waals surface area contributed by atoms with E-state index in [1.54, 1.807) is 11.3 Å². The standard InChI is InChI=1S/C15H21N3O2S/c16-13(19)8-17-14(20)12-7-11-3-1-2-6-18(15(11)21-12)9-10-4-5-10/h7,10H,1-6,8-9H2,(H2,16,19)(H,17,20). The van der Waals surface area contributed by atoms with Gasteiger partial charge in [-0.25, -0.2) is 0 Å². The molecule has 1 aromatic heterocycles. The van der Waals surface area contributed by atoms with E-state index < -0.39 is 5.91 Å².